The minimum Gasteiger partial charge on any atom is -0.464 e. The van der Waals surface area contributed by atoms with Crippen LogP contribution < -0.4 is 0 Å². The average Bonchev–Trinajstić information content (AvgIpc) is 2.53. The molecule has 0 saturated heterocycles. The molecule has 0 radical (unpaired) electrons. The fourth-order valence-electron chi connectivity index (χ4n) is 1.57. The lowest BCUT2D eigenvalue weighted by Crippen LogP contribution is -2.08. The maximum Gasteiger partial charge on any atom is 0.354 e. The maximum atomic E-state index is 11.6. The zero-order chi connectivity index (χ0) is 12.3. The second kappa shape index (κ2) is 4.83. The van der Waals surface area contributed by atoms with Crippen LogP contribution in [0.5, 0.6) is 0 Å². The number of methoxy groups -OCH3 is 1. The van der Waals surface area contributed by atoms with Crippen molar-refractivity contribution in [2.75, 3.05) is 13.7 Å². The van der Waals surface area contributed by atoms with E-state index in [4.69, 9.17) is 4.74 Å². The van der Waals surface area contributed by atoms with Gasteiger partial charge in [-0.25, -0.2) is 9.59 Å². The van der Waals surface area contributed by atoms with Gasteiger partial charge in [0.05, 0.1) is 19.3 Å². The SMILES string of the molecule is CCOC(=O)c1c(C)[nH]c(C(=O)OC)c1C. The van der Waals surface area contributed by atoms with Crippen molar-refractivity contribution < 1.29 is 19.1 Å². The fourth-order valence-corrected chi connectivity index (χ4v) is 1.57. The molecule has 0 aliphatic rings. The molecule has 88 valence electrons. The highest BCUT2D eigenvalue weighted by Crippen LogP contribution is 2.19. The van der Waals surface area contributed by atoms with E-state index < -0.39 is 11.9 Å². The van der Waals surface area contributed by atoms with Crippen LogP contribution in [-0.4, -0.2) is 30.6 Å². The summed E-state index contributed by atoms with van der Waals surface area (Å²) in [6.07, 6.45) is 0. The summed E-state index contributed by atoms with van der Waals surface area (Å²) in [6, 6.07) is 0. The topological polar surface area (TPSA) is 68.4 Å². The monoisotopic (exact) mass is 225 g/mol. The van der Waals surface area contributed by atoms with E-state index in [-0.39, 0.29) is 0 Å². The van der Waals surface area contributed by atoms with Gasteiger partial charge in [0.1, 0.15) is 5.69 Å². The Kier molecular flexibility index (Phi) is 3.71. The van der Waals surface area contributed by atoms with E-state index in [0.29, 0.717) is 29.1 Å². The number of H-pyrrole nitrogens is 1. The largest absolute Gasteiger partial charge is 0.464 e. The van der Waals surface area contributed by atoms with Gasteiger partial charge in [0.2, 0.25) is 0 Å². The van der Waals surface area contributed by atoms with Gasteiger partial charge < -0.3 is 14.5 Å². The maximum absolute atomic E-state index is 11.6. The number of esters is 2. The summed E-state index contributed by atoms with van der Waals surface area (Å²) in [7, 11) is 1.29. The second-order valence-electron chi connectivity index (χ2n) is 3.34. The van der Waals surface area contributed by atoms with Crippen molar-refractivity contribution in [1.82, 2.24) is 4.98 Å². The van der Waals surface area contributed by atoms with Gasteiger partial charge in [-0.2, -0.15) is 0 Å². The average molecular weight is 225 g/mol. The number of aryl methyl sites for hydroxylation is 1. The third kappa shape index (κ3) is 2.08. The number of aromatic amines is 1. The van der Waals surface area contributed by atoms with Crippen LogP contribution in [0.2, 0.25) is 0 Å². The predicted octanol–water partition coefficient (Wildman–Crippen LogP) is 1.59. The van der Waals surface area contributed by atoms with Gasteiger partial charge in [-0.15, -0.1) is 0 Å². The molecule has 0 amide bonds. The molecule has 1 N–H and O–H groups in total. The molecule has 0 fully saturated rings. The molecule has 16 heavy (non-hydrogen) atoms. The Bertz CT molecular complexity index is 420. The number of hydrogen-bond acceptors (Lipinski definition) is 4. The van der Waals surface area contributed by atoms with E-state index in [9.17, 15) is 9.59 Å². The number of nitrogens with one attached hydrogen (secondary N) is 1. The van der Waals surface area contributed by atoms with Crippen LogP contribution in [0, 0.1) is 13.8 Å². The molecule has 1 heterocycles. The van der Waals surface area contributed by atoms with Crippen molar-refractivity contribution in [2.45, 2.75) is 20.8 Å². The summed E-state index contributed by atoms with van der Waals surface area (Å²) in [5.41, 5.74) is 1.87. The highest BCUT2D eigenvalue weighted by Gasteiger charge is 2.22. The highest BCUT2D eigenvalue weighted by atomic mass is 16.5. The van der Waals surface area contributed by atoms with E-state index in [1.54, 1.807) is 20.8 Å². The smallest absolute Gasteiger partial charge is 0.354 e. The zero-order valence-corrected chi connectivity index (χ0v) is 9.84. The molecule has 0 saturated carbocycles. The molecule has 5 nitrogen and oxygen atoms in total. The first-order chi connectivity index (χ1) is 7.52. The molecule has 0 spiro atoms. The number of carbonyl (C=O) groups excluding carboxylic acids is 2. The molecule has 1 aromatic rings. The minimum atomic E-state index is -0.490. The number of carbonyl (C=O) groups is 2. The Morgan fingerprint density at radius 3 is 2.38 bits per heavy atom. The summed E-state index contributed by atoms with van der Waals surface area (Å²) in [5, 5.41) is 0. The van der Waals surface area contributed by atoms with E-state index in [1.165, 1.54) is 7.11 Å². The summed E-state index contributed by atoms with van der Waals surface area (Å²) in [4.78, 5) is 25.8. The van der Waals surface area contributed by atoms with Gasteiger partial charge in [0.15, 0.2) is 0 Å². The first-order valence-electron chi connectivity index (χ1n) is 4.97. The summed E-state index contributed by atoms with van der Waals surface area (Å²) in [6.45, 7) is 5.43. The molecular formula is C11H15NO4. The summed E-state index contributed by atoms with van der Waals surface area (Å²) >= 11 is 0. The summed E-state index contributed by atoms with van der Waals surface area (Å²) in [5.74, 6) is -0.917. The molecule has 0 bridgehead atoms. The van der Waals surface area contributed by atoms with E-state index in [1.807, 2.05) is 0 Å². The van der Waals surface area contributed by atoms with Crippen molar-refractivity contribution >= 4 is 11.9 Å². The van der Waals surface area contributed by atoms with Crippen LogP contribution in [0.25, 0.3) is 0 Å². The molecule has 0 aliphatic heterocycles. The van der Waals surface area contributed by atoms with Crippen LogP contribution >= 0.6 is 0 Å². The van der Waals surface area contributed by atoms with E-state index in [2.05, 4.69) is 9.72 Å². The Labute approximate surface area is 93.7 Å². The van der Waals surface area contributed by atoms with Crippen molar-refractivity contribution in [3.8, 4) is 0 Å². The minimum absolute atomic E-state index is 0.294. The summed E-state index contributed by atoms with van der Waals surface area (Å²) < 4.78 is 9.51. The lowest BCUT2D eigenvalue weighted by Gasteiger charge is -2.02. The van der Waals surface area contributed by atoms with Gasteiger partial charge in [0.25, 0.3) is 0 Å². The molecule has 0 aliphatic carbocycles. The lowest BCUT2D eigenvalue weighted by atomic mass is 10.1. The predicted molar refractivity (Wildman–Crippen MR) is 57.6 cm³/mol. The zero-order valence-electron chi connectivity index (χ0n) is 9.84. The van der Waals surface area contributed by atoms with Crippen molar-refractivity contribution in [2.24, 2.45) is 0 Å². The number of hydrogen-bond donors (Lipinski definition) is 1. The van der Waals surface area contributed by atoms with Crippen LogP contribution in [0.3, 0.4) is 0 Å². The van der Waals surface area contributed by atoms with Crippen LogP contribution in [0.4, 0.5) is 0 Å². The fraction of sp³-hybridized carbons (Fsp3) is 0.455. The molecule has 1 aromatic heterocycles. The van der Waals surface area contributed by atoms with Gasteiger partial charge in [-0.05, 0) is 26.3 Å². The quantitative estimate of drug-likeness (QED) is 0.793. The Morgan fingerprint density at radius 2 is 1.88 bits per heavy atom. The van der Waals surface area contributed by atoms with Crippen LogP contribution in [0.1, 0.15) is 39.0 Å². The number of ether oxygens (including phenoxy) is 2. The van der Waals surface area contributed by atoms with E-state index in [0.717, 1.165) is 0 Å². The van der Waals surface area contributed by atoms with Gasteiger partial charge in [-0.3, -0.25) is 0 Å². The number of rotatable bonds is 3. The highest BCUT2D eigenvalue weighted by molar-refractivity contribution is 5.98. The molecule has 1 rings (SSSR count). The van der Waals surface area contributed by atoms with Gasteiger partial charge >= 0.3 is 11.9 Å². The second-order valence-corrected chi connectivity index (χ2v) is 3.34. The molecular weight excluding hydrogens is 210 g/mol. The molecule has 5 heteroatoms. The first kappa shape index (κ1) is 12.3. The van der Waals surface area contributed by atoms with Crippen molar-refractivity contribution in [3.05, 3.63) is 22.5 Å². The van der Waals surface area contributed by atoms with Crippen LogP contribution in [0.15, 0.2) is 0 Å². The normalized spacial score (nSPS) is 10.0. The van der Waals surface area contributed by atoms with E-state index >= 15 is 0 Å². The molecule has 0 unspecified atom stereocenters. The first-order valence-corrected chi connectivity index (χ1v) is 4.97. The number of aromatic nitrogens is 1. The molecule has 0 atom stereocenters. The van der Waals surface area contributed by atoms with Crippen LogP contribution in [-0.2, 0) is 9.47 Å². The van der Waals surface area contributed by atoms with Gasteiger partial charge in [-0.1, -0.05) is 0 Å². The third-order valence-electron chi connectivity index (χ3n) is 2.31. The Balaban J connectivity index is 3.17. The van der Waals surface area contributed by atoms with Crippen molar-refractivity contribution in [3.63, 3.8) is 0 Å². The Morgan fingerprint density at radius 1 is 1.25 bits per heavy atom. The standard InChI is InChI=1S/C11H15NO4/c1-5-16-10(13)8-6(2)9(11(14)15-4)12-7(8)3/h12H,5H2,1-4H3. The van der Waals surface area contributed by atoms with Gasteiger partial charge in [0, 0.05) is 5.69 Å². The molecule has 0 aromatic carbocycles. The third-order valence-corrected chi connectivity index (χ3v) is 2.31. The lowest BCUT2D eigenvalue weighted by molar-refractivity contribution is 0.0525. The Hall–Kier alpha value is -1.78. The van der Waals surface area contributed by atoms with Crippen molar-refractivity contribution in [1.29, 1.82) is 0 Å².